The van der Waals surface area contributed by atoms with Crippen molar-refractivity contribution in [1.29, 1.82) is 0 Å². The maximum atomic E-state index is 3.60. The SMILES string of the molecule is Cc1ccc([Se](Br)(Br)Br)cc1. The van der Waals surface area contributed by atoms with Crippen molar-refractivity contribution in [3.63, 3.8) is 0 Å². The molecule has 0 saturated heterocycles. The van der Waals surface area contributed by atoms with E-state index in [0.29, 0.717) is 0 Å². The molecule has 0 nitrogen and oxygen atoms in total. The molecule has 0 aliphatic rings. The van der Waals surface area contributed by atoms with Crippen molar-refractivity contribution in [2.24, 2.45) is 0 Å². The van der Waals surface area contributed by atoms with Gasteiger partial charge in [-0.1, -0.05) is 0 Å². The van der Waals surface area contributed by atoms with Gasteiger partial charge < -0.3 is 0 Å². The van der Waals surface area contributed by atoms with E-state index in [4.69, 9.17) is 0 Å². The van der Waals surface area contributed by atoms with Crippen LogP contribution in [0.1, 0.15) is 5.56 Å². The zero-order valence-corrected chi connectivity index (χ0v) is 12.3. The Morgan fingerprint density at radius 3 is 1.82 bits per heavy atom. The third-order valence-corrected chi connectivity index (χ3v) is 8.81. The van der Waals surface area contributed by atoms with E-state index in [1.807, 2.05) is 0 Å². The molecule has 1 aromatic carbocycles. The standard InChI is InChI=1S/C7H7Br3Se/c1-6-2-4-7(5-3-6)11(8,9)10/h2-5H,1H3. The van der Waals surface area contributed by atoms with Gasteiger partial charge in [-0.25, -0.2) is 0 Å². The van der Waals surface area contributed by atoms with Gasteiger partial charge in [0.05, 0.1) is 0 Å². The first kappa shape index (κ1) is 10.3. The molecular formula is C7H7Br3Se. The zero-order chi connectivity index (χ0) is 8.48. The van der Waals surface area contributed by atoms with Crippen LogP contribution >= 0.6 is 42.3 Å². The van der Waals surface area contributed by atoms with Crippen LogP contribution in [0.15, 0.2) is 24.3 Å². The van der Waals surface area contributed by atoms with E-state index in [2.05, 4.69) is 73.5 Å². The molecule has 62 valence electrons. The van der Waals surface area contributed by atoms with E-state index in [9.17, 15) is 0 Å². The molecule has 0 aliphatic carbocycles. The Balaban J connectivity index is 2.99. The summed E-state index contributed by atoms with van der Waals surface area (Å²) in [5.74, 6) is 0. The summed E-state index contributed by atoms with van der Waals surface area (Å²) in [7, 11) is -1.79. The third kappa shape index (κ3) is 3.19. The minimum absolute atomic E-state index is 1.29. The molecule has 11 heavy (non-hydrogen) atoms. The molecule has 1 rings (SSSR count). The van der Waals surface area contributed by atoms with E-state index >= 15 is 0 Å². The molecule has 0 atom stereocenters. The number of hydrogen-bond donors (Lipinski definition) is 0. The third-order valence-electron chi connectivity index (χ3n) is 1.29. The van der Waals surface area contributed by atoms with Crippen molar-refractivity contribution >= 4 is 54.2 Å². The summed E-state index contributed by atoms with van der Waals surface area (Å²) in [5.41, 5.74) is 1.29. The first-order valence-electron chi connectivity index (χ1n) is 2.99. The van der Waals surface area contributed by atoms with Gasteiger partial charge in [0, 0.05) is 0 Å². The van der Waals surface area contributed by atoms with Crippen LogP contribution < -0.4 is 4.46 Å². The average Bonchev–Trinajstić information content (AvgIpc) is 1.86. The van der Waals surface area contributed by atoms with E-state index in [0.717, 1.165) is 0 Å². The minimum atomic E-state index is -1.79. The molecule has 0 radical (unpaired) electrons. The molecule has 4 heteroatoms. The van der Waals surface area contributed by atoms with Crippen LogP contribution in [0.4, 0.5) is 0 Å². The number of rotatable bonds is 1. The van der Waals surface area contributed by atoms with E-state index in [-0.39, 0.29) is 0 Å². The van der Waals surface area contributed by atoms with Crippen molar-refractivity contribution < 1.29 is 0 Å². The van der Waals surface area contributed by atoms with Crippen molar-refractivity contribution in [2.45, 2.75) is 6.92 Å². The fourth-order valence-electron chi connectivity index (χ4n) is 0.693. The normalized spacial score (nSPS) is 13.1. The second-order valence-corrected chi connectivity index (χ2v) is 33.6. The van der Waals surface area contributed by atoms with E-state index in [1.54, 1.807) is 0 Å². The van der Waals surface area contributed by atoms with Crippen LogP contribution in [0, 0.1) is 6.92 Å². The second kappa shape index (κ2) is 3.93. The van der Waals surface area contributed by atoms with Gasteiger partial charge >= 0.3 is 91.0 Å². The number of benzene rings is 1. The van der Waals surface area contributed by atoms with Crippen molar-refractivity contribution in [3.05, 3.63) is 29.8 Å². The molecule has 0 amide bonds. The van der Waals surface area contributed by atoms with Gasteiger partial charge in [-0.3, -0.25) is 0 Å². The summed E-state index contributed by atoms with van der Waals surface area (Å²) in [6.07, 6.45) is 0. The quantitative estimate of drug-likeness (QED) is 0.624. The van der Waals surface area contributed by atoms with Crippen LogP contribution in [-0.4, -0.2) is 7.42 Å². The second-order valence-electron chi connectivity index (χ2n) is 2.22. The zero-order valence-electron chi connectivity index (χ0n) is 5.85. The van der Waals surface area contributed by atoms with Gasteiger partial charge in [0.25, 0.3) is 0 Å². The number of hydrogen-bond acceptors (Lipinski definition) is 0. The maximum absolute atomic E-state index is 3.60. The Morgan fingerprint density at radius 2 is 1.45 bits per heavy atom. The van der Waals surface area contributed by atoms with Crippen molar-refractivity contribution in [1.82, 2.24) is 0 Å². The average molecular weight is 410 g/mol. The Hall–Kier alpha value is 1.18. The first-order chi connectivity index (χ1) is 5.00. The molecule has 0 bridgehead atoms. The summed E-state index contributed by atoms with van der Waals surface area (Å²) < 4.78 is 1.31. The van der Waals surface area contributed by atoms with Crippen LogP contribution in [0.3, 0.4) is 0 Å². The molecule has 0 saturated carbocycles. The Labute approximate surface area is 90.1 Å². The van der Waals surface area contributed by atoms with Gasteiger partial charge in [-0.05, 0) is 0 Å². The molecular weight excluding hydrogens is 403 g/mol. The Morgan fingerprint density at radius 1 is 1.00 bits per heavy atom. The molecule has 0 N–H and O–H groups in total. The van der Waals surface area contributed by atoms with Crippen molar-refractivity contribution in [2.75, 3.05) is 0 Å². The van der Waals surface area contributed by atoms with Gasteiger partial charge in [0.2, 0.25) is 0 Å². The van der Waals surface area contributed by atoms with Gasteiger partial charge in [-0.2, -0.15) is 0 Å². The Kier molecular flexibility index (Phi) is 3.66. The summed E-state index contributed by atoms with van der Waals surface area (Å²) in [4.78, 5) is 0. The number of halogens is 3. The topological polar surface area (TPSA) is 0 Å². The fraction of sp³-hybridized carbons (Fsp3) is 0.143. The van der Waals surface area contributed by atoms with E-state index in [1.165, 1.54) is 10.0 Å². The monoisotopic (exact) mass is 408 g/mol. The summed E-state index contributed by atoms with van der Waals surface area (Å²) in [6, 6.07) is 8.50. The summed E-state index contributed by atoms with van der Waals surface area (Å²) in [6.45, 7) is 2.09. The molecule has 0 unspecified atom stereocenters. The molecule has 0 fully saturated rings. The molecule has 0 heterocycles. The first-order valence-corrected chi connectivity index (χ1v) is 15.9. The van der Waals surface area contributed by atoms with Crippen LogP contribution in [0.2, 0.25) is 0 Å². The van der Waals surface area contributed by atoms with Crippen LogP contribution in [0.5, 0.6) is 0 Å². The van der Waals surface area contributed by atoms with E-state index < -0.39 is 7.42 Å². The summed E-state index contributed by atoms with van der Waals surface area (Å²) in [5, 5.41) is 0. The van der Waals surface area contributed by atoms with Crippen LogP contribution in [-0.2, 0) is 0 Å². The predicted molar refractivity (Wildman–Crippen MR) is 63.3 cm³/mol. The van der Waals surface area contributed by atoms with Gasteiger partial charge in [0.1, 0.15) is 0 Å². The summed E-state index contributed by atoms with van der Waals surface area (Å²) >= 11 is 10.8. The van der Waals surface area contributed by atoms with Crippen molar-refractivity contribution in [3.8, 4) is 0 Å². The molecule has 1 aromatic rings. The van der Waals surface area contributed by atoms with Gasteiger partial charge in [-0.15, -0.1) is 0 Å². The molecule has 0 aliphatic heterocycles. The van der Waals surface area contributed by atoms with Gasteiger partial charge in [0.15, 0.2) is 0 Å². The van der Waals surface area contributed by atoms with Crippen LogP contribution in [0.25, 0.3) is 0 Å². The molecule has 0 aromatic heterocycles. The fourth-order valence-corrected chi connectivity index (χ4v) is 4.99. The predicted octanol–water partition coefficient (Wildman–Crippen LogP) is 3.33. The number of aryl methyl sites for hydroxylation is 1. The molecule has 0 spiro atoms. The Bertz CT molecular complexity index is 237.